The zero-order valence-electron chi connectivity index (χ0n) is 14.2. The minimum Gasteiger partial charge on any atom is -0.481 e. The molecule has 130 valence electrons. The molecule has 1 rings (SSSR count). The number of carboxylic acid groups (broad SMARTS) is 1. The van der Waals surface area contributed by atoms with Crippen molar-refractivity contribution in [2.75, 3.05) is 19.6 Å². The van der Waals surface area contributed by atoms with Gasteiger partial charge in [-0.1, -0.05) is 0 Å². The Bertz CT molecular complexity index is 522. The number of carbonyl (C=O) groups excluding carboxylic acids is 1. The summed E-state index contributed by atoms with van der Waals surface area (Å²) in [7, 11) is 0. The molecule has 0 aliphatic rings. The summed E-state index contributed by atoms with van der Waals surface area (Å²) < 4.78 is 5.35. The lowest BCUT2D eigenvalue weighted by Gasteiger charge is -2.26. The highest BCUT2D eigenvalue weighted by Crippen LogP contribution is 2.16. The van der Waals surface area contributed by atoms with Gasteiger partial charge in [0.2, 0.25) is 0 Å². The highest BCUT2D eigenvalue weighted by Gasteiger charge is 2.20. The number of nitrogens with one attached hydrogen (secondary N) is 1. The van der Waals surface area contributed by atoms with Gasteiger partial charge in [0.05, 0.1) is 6.42 Å². The molecule has 1 aromatic rings. The molecule has 2 N–H and O–H groups in total. The molecule has 0 radical (unpaired) electrons. The molecule has 0 aliphatic heterocycles. The Balaban J connectivity index is 2.33. The third kappa shape index (κ3) is 7.99. The van der Waals surface area contributed by atoms with Crippen molar-refractivity contribution in [3.05, 3.63) is 21.9 Å². The molecular formula is C16H26N2O4S. The predicted octanol–water partition coefficient (Wildman–Crippen LogP) is 2.72. The normalized spacial score (nSPS) is 11.3. The van der Waals surface area contributed by atoms with E-state index in [0.717, 1.165) is 9.75 Å². The molecule has 23 heavy (non-hydrogen) atoms. The summed E-state index contributed by atoms with van der Waals surface area (Å²) >= 11 is 1.49. The Morgan fingerprint density at radius 3 is 2.52 bits per heavy atom. The van der Waals surface area contributed by atoms with Crippen molar-refractivity contribution in [1.82, 2.24) is 10.2 Å². The number of carboxylic acids is 1. The van der Waals surface area contributed by atoms with E-state index >= 15 is 0 Å². The summed E-state index contributed by atoms with van der Waals surface area (Å²) in [4.78, 5) is 26.2. The van der Waals surface area contributed by atoms with Crippen molar-refractivity contribution in [2.24, 2.45) is 0 Å². The van der Waals surface area contributed by atoms with E-state index in [2.05, 4.69) is 5.32 Å². The van der Waals surface area contributed by atoms with Crippen LogP contribution in [0.1, 0.15) is 37.4 Å². The maximum atomic E-state index is 12.0. The van der Waals surface area contributed by atoms with E-state index in [4.69, 9.17) is 9.84 Å². The van der Waals surface area contributed by atoms with Crippen molar-refractivity contribution in [1.29, 1.82) is 0 Å². The van der Waals surface area contributed by atoms with E-state index in [-0.39, 0.29) is 12.5 Å². The second-order valence-corrected chi connectivity index (χ2v) is 7.43. The molecule has 1 amide bonds. The minimum absolute atomic E-state index is 0.0624. The first-order valence-corrected chi connectivity index (χ1v) is 8.51. The average Bonchev–Trinajstić information content (AvgIpc) is 2.83. The molecule has 0 unspecified atom stereocenters. The van der Waals surface area contributed by atoms with Gasteiger partial charge < -0.3 is 20.1 Å². The van der Waals surface area contributed by atoms with Gasteiger partial charge in [0.25, 0.3) is 0 Å². The fraction of sp³-hybridized carbons (Fsp3) is 0.625. The Kier molecular flexibility index (Phi) is 7.51. The first-order chi connectivity index (χ1) is 10.7. The summed E-state index contributed by atoms with van der Waals surface area (Å²) in [5.74, 6) is -0.817. The number of nitrogens with zero attached hydrogens (tertiary/aromatic N) is 1. The van der Waals surface area contributed by atoms with Gasteiger partial charge in [-0.25, -0.2) is 4.79 Å². The van der Waals surface area contributed by atoms with Crippen LogP contribution in [0, 0.1) is 0 Å². The van der Waals surface area contributed by atoms with Crippen LogP contribution in [0.4, 0.5) is 4.79 Å². The van der Waals surface area contributed by atoms with E-state index in [1.54, 1.807) is 4.90 Å². The van der Waals surface area contributed by atoms with Gasteiger partial charge in [0, 0.05) is 35.9 Å². The van der Waals surface area contributed by atoms with Gasteiger partial charge in [0.1, 0.15) is 5.60 Å². The third-order valence-corrected chi connectivity index (χ3v) is 4.02. The Morgan fingerprint density at radius 2 is 1.96 bits per heavy atom. The number of hydrogen-bond donors (Lipinski definition) is 2. The molecule has 1 aromatic heterocycles. The van der Waals surface area contributed by atoms with Crippen LogP contribution in [-0.2, 0) is 22.5 Å². The molecule has 6 nitrogen and oxygen atoms in total. The van der Waals surface area contributed by atoms with Crippen LogP contribution in [0.25, 0.3) is 0 Å². The van der Waals surface area contributed by atoms with Crippen LogP contribution in [0.15, 0.2) is 12.1 Å². The SMILES string of the molecule is CCN(CCNCc1ccc(CC(=O)O)s1)C(=O)OC(C)(C)C. The number of aliphatic carboxylic acids is 1. The summed E-state index contributed by atoms with van der Waals surface area (Å²) in [5.41, 5.74) is -0.491. The Morgan fingerprint density at radius 1 is 1.30 bits per heavy atom. The van der Waals surface area contributed by atoms with Crippen molar-refractivity contribution in [2.45, 2.75) is 46.3 Å². The molecule has 7 heteroatoms. The first-order valence-electron chi connectivity index (χ1n) is 7.69. The van der Waals surface area contributed by atoms with Crippen molar-refractivity contribution < 1.29 is 19.4 Å². The molecule has 0 bridgehead atoms. The lowest BCUT2D eigenvalue weighted by Crippen LogP contribution is -2.40. The van der Waals surface area contributed by atoms with E-state index in [9.17, 15) is 9.59 Å². The number of amides is 1. The largest absolute Gasteiger partial charge is 0.481 e. The van der Waals surface area contributed by atoms with Gasteiger partial charge in [-0.05, 0) is 39.8 Å². The molecule has 0 fully saturated rings. The highest BCUT2D eigenvalue weighted by atomic mass is 32.1. The number of carbonyl (C=O) groups is 2. The van der Waals surface area contributed by atoms with Gasteiger partial charge >= 0.3 is 12.1 Å². The van der Waals surface area contributed by atoms with Crippen molar-refractivity contribution >= 4 is 23.4 Å². The summed E-state index contributed by atoms with van der Waals surface area (Å²) in [6.45, 7) is 9.95. The van der Waals surface area contributed by atoms with Gasteiger partial charge in [-0.15, -0.1) is 11.3 Å². The van der Waals surface area contributed by atoms with Crippen molar-refractivity contribution in [3.8, 4) is 0 Å². The molecule has 0 saturated carbocycles. The Hall–Kier alpha value is -1.60. The lowest BCUT2D eigenvalue weighted by atomic mass is 10.2. The molecule has 0 aliphatic carbocycles. The molecule has 0 atom stereocenters. The van der Waals surface area contributed by atoms with E-state index in [0.29, 0.717) is 26.2 Å². The van der Waals surface area contributed by atoms with Crippen molar-refractivity contribution in [3.63, 3.8) is 0 Å². The number of hydrogen-bond acceptors (Lipinski definition) is 5. The fourth-order valence-electron chi connectivity index (χ4n) is 1.89. The van der Waals surface area contributed by atoms with E-state index < -0.39 is 11.6 Å². The maximum Gasteiger partial charge on any atom is 0.410 e. The predicted molar refractivity (Wildman–Crippen MR) is 90.8 cm³/mol. The smallest absolute Gasteiger partial charge is 0.410 e. The van der Waals surface area contributed by atoms with Crippen LogP contribution >= 0.6 is 11.3 Å². The maximum absolute atomic E-state index is 12.0. The summed E-state index contributed by atoms with van der Waals surface area (Å²) in [6.07, 6.45) is -0.242. The van der Waals surface area contributed by atoms with Gasteiger partial charge in [-0.2, -0.15) is 0 Å². The standard InChI is InChI=1S/C16H26N2O4S/c1-5-18(15(21)22-16(2,3)4)9-8-17-11-13-7-6-12(23-13)10-14(19)20/h6-7,17H,5,8-11H2,1-4H3,(H,19,20). The first kappa shape index (κ1) is 19.4. The third-order valence-electron chi connectivity index (χ3n) is 2.93. The monoisotopic (exact) mass is 342 g/mol. The molecule has 1 heterocycles. The van der Waals surface area contributed by atoms with Gasteiger partial charge in [-0.3, -0.25) is 4.79 Å². The fourth-order valence-corrected chi connectivity index (χ4v) is 2.87. The quantitative estimate of drug-likeness (QED) is 0.710. The Labute approximate surface area is 141 Å². The second kappa shape index (κ2) is 8.88. The number of thiophene rings is 1. The van der Waals surface area contributed by atoms with Crippen LogP contribution in [0.2, 0.25) is 0 Å². The molecular weight excluding hydrogens is 316 g/mol. The molecule has 0 saturated heterocycles. The minimum atomic E-state index is -0.817. The lowest BCUT2D eigenvalue weighted by molar-refractivity contribution is -0.136. The summed E-state index contributed by atoms with van der Waals surface area (Å²) in [5, 5.41) is 12.0. The zero-order valence-corrected chi connectivity index (χ0v) is 15.0. The van der Waals surface area contributed by atoms with E-state index in [1.165, 1.54) is 11.3 Å². The number of rotatable bonds is 8. The van der Waals surface area contributed by atoms with Gasteiger partial charge in [0.15, 0.2) is 0 Å². The molecule has 0 spiro atoms. The zero-order chi connectivity index (χ0) is 17.5. The van der Waals surface area contributed by atoms with Crippen LogP contribution < -0.4 is 5.32 Å². The average molecular weight is 342 g/mol. The van der Waals surface area contributed by atoms with Crippen LogP contribution in [0.5, 0.6) is 0 Å². The van der Waals surface area contributed by atoms with Crippen LogP contribution in [0.3, 0.4) is 0 Å². The number of likely N-dealkylation sites (N-methyl/N-ethyl adjacent to an activating group) is 1. The highest BCUT2D eigenvalue weighted by molar-refractivity contribution is 7.12. The topological polar surface area (TPSA) is 78.9 Å². The molecule has 0 aromatic carbocycles. The number of ether oxygens (including phenoxy) is 1. The summed E-state index contributed by atoms with van der Waals surface area (Å²) in [6, 6.07) is 3.77. The van der Waals surface area contributed by atoms with E-state index in [1.807, 2.05) is 39.8 Å². The second-order valence-electron chi connectivity index (χ2n) is 6.18. The van der Waals surface area contributed by atoms with Crippen LogP contribution in [-0.4, -0.2) is 47.3 Å².